The van der Waals surface area contributed by atoms with Gasteiger partial charge in [0.15, 0.2) is 5.78 Å². The highest BCUT2D eigenvalue weighted by Crippen LogP contribution is 2.18. The van der Waals surface area contributed by atoms with Gasteiger partial charge in [-0.3, -0.25) is 4.79 Å². The summed E-state index contributed by atoms with van der Waals surface area (Å²) in [6, 6.07) is 4.88. The predicted octanol–water partition coefficient (Wildman–Crippen LogP) is 2.49. The Hall–Kier alpha value is -1.64. The maximum Gasteiger partial charge on any atom is 0.152 e. The minimum absolute atomic E-state index is 0.0490. The number of allylic oxidation sites excluding steroid dienone is 1. The first-order valence-electron chi connectivity index (χ1n) is 4.66. The standard InChI is InChI=1S/C12H14FNO/c1-9(15)4-5-10-6-7-12(14(2)3)11(13)8-10/h4-8H,1-3H3/b5-4+. The molecular formula is C12H14FNO. The van der Waals surface area contributed by atoms with Crippen LogP contribution in [0.2, 0.25) is 0 Å². The zero-order valence-electron chi connectivity index (χ0n) is 9.12. The summed E-state index contributed by atoms with van der Waals surface area (Å²) in [7, 11) is 3.56. The molecule has 0 aliphatic heterocycles. The molecule has 1 aromatic rings. The van der Waals surface area contributed by atoms with Crippen LogP contribution in [0.3, 0.4) is 0 Å². The van der Waals surface area contributed by atoms with E-state index in [0.717, 1.165) is 0 Å². The van der Waals surface area contributed by atoms with Gasteiger partial charge in [0, 0.05) is 14.1 Å². The van der Waals surface area contributed by atoms with Gasteiger partial charge < -0.3 is 4.90 Å². The zero-order valence-corrected chi connectivity index (χ0v) is 9.12. The lowest BCUT2D eigenvalue weighted by atomic mass is 10.1. The molecule has 2 nitrogen and oxygen atoms in total. The Labute approximate surface area is 89.0 Å². The Kier molecular flexibility index (Phi) is 3.61. The Morgan fingerprint density at radius 2 is 2.07 bits per heavy atom. The van der Waals surface area contributed by atoms with Crippen LogP contribution < -0.4 is 4.90 Å². The summed E-state index contributed by atoms with van der Waals surface area (Å²) in [5.41, 5.74) is 1.23. The van der Waals surface area contributed by atoms with Crippen LogP contribution >= 0.6 is 0 Å². The molecule has 0 amide bonds. The van der Waals surface area contributed by atoms with Crippen LogP contribution in [0.1, 0.15) is 12.5 Å². The molecular weight excluding hydrogens is 193 g/mol. The van der Waals surface area contributed by atoms with Gasteiger partial charge in [-0.2, -0.15) is 0 Å². The number of carbonyl (C=O) groups is 1. The van der Waals surface area contributed by atoms with E-state index < -0.39 is 0 Å². The molecule has 0 saturated heterocycles. The highest BCUT2D eigenvalue weighted by Gasteiger charge is 2.03. The molecule has 0 aromatic heterocycles. The monoisotopic (exact) mass is 207 g/mol. The van der Waals surface area contributed by atoms with E-state index in [1.54, 1.807) is 37.2 Å². The number of hydrogen-bond donors (Lipinski definition) is 0. The molecule has 0 fully saturated rings. The fourth-order valence-electron chi connectivity index (χ4n) is 1.20. The molecule has 1 aromatic carbocycles. The normalized spacial score (nSPS) is 10.7. The van der Waals surface area contributed by atoms with Gasteiger partial charge in [0.1, 0.15) is 5.82 Å². The van der Waals surface area contributed by atoms with Crippen LogP contribution in [-0.4, -0.2) is 19.9 Å². The lowest BCUT2D eigenvalue weighted by Crippen LogP contribution is -2.10. The Morgan fingerprint density at radius 1 is 1.40 bits per heavy atom. The van der Waals surface area contributed by atoms with E-state index in [9.17, 15) is 9.18 Å². The Bertz CT molecular complexity index is 397. The number of ketones is 1. The largest absolute Gasteiger partial charge is 0.375 e. The van der Waals surface area contributed by atoms with Crippen LogP contribution in [0.25, 0.3) is 6.08 Å². The van der Waals surface area contributed by atoms with E-state index in [1.807, 2.05) is 0 Å². The summed E-state index contributed by atoms with van der Waals surface area (Å²) in [5, 5.41) is 0. The van der Waals surface area contributed by atoms with Crippen molar-refractivity contribution in [2.45, 2.75) is 6.92 Å². The summed E-state index contributed by atoms with van der Waals surface area (Å²) >= 11 is 0. The van der Waals surface area contributed by atoms with Gasteiger partial charge in [-0.05, 0) is 30.7 Å². The molecule has 0 bridgehead atoms. The third-order valence-corrected chi connectivity index (χ3v) is 1.96. The molecule has 0 radical (unpaired) electrons. The Balaban J connectivity index is 2.96. The van der Waals surface area contributed by atoms with Crippen molar-refractivity contribution in [2.24, 2.45) is 0 Å². The molecule has 0 saturated carbocycles. The maximum atomic E-state index is 13.5. The van der Waals surface area contributed by atoms with Crippen molar-refractivity contribution < 1.29 is 9.18 Å². The number of carbonyl (C=O) groups excluding carboxylic acids is 1. The molecule has 1 rings (SSSR count). The van der Waals surface area contributed by atoms with Crippen LogP contribution in [0.4, 0.5) is 10.1 Å². The number of benzene rings is 1. The van der Waals surface area contributed by atoms with Gasteiger partial charge >= 0.3 is 0 Å². The molecule has 0 heterocycles. The second-order valence-corrected chi connectivity index (χ2v) is 3.55. The van der Waals surface area contributed by atoms with Crippen molar-refractivity contribution in [3.05, 3.63) is 35.7 Å². The van der Waals surface area contributed by atoms with E-state index in [-0.39, 0.29) is 11.6 Å². The third-order valence-electron chi connectivity index (χ3n) is 1.96. The van der Waals surface area contributed by atoms with E-state index in [1.165, 1.54) is 19.1 Å². The summed E-state index contributed by atoms with van der Waals surface area (Å²) < 4.78 is 13.5. The van der Waals surface area contributed by atoms with Crippen molar-refractivity contribution in [3.63, 3.8) is 0 Å². The number of hydrogen-bond acceptors (Lipinski definition) is 2. The lowest BCUT2D eigenvalue weighted by molar-refractivity contribution is -0.112. The van der Waals surface area contributed by atoms with Gasteiger partial charge in [0.2, 0.25) is 0 Å². The second-order valence-electron chi connectivity index (χ2n) is 3.55. The van der Waals surface area contributed by atoms with E-state index >= 15 is 0 Å². The van der Waals surface area contributed by atoms with Crippen molar-refractivity contribution in [1.82, 2.24) is 0 Å². The highest BCUT2D eigenvalue weighted by atomic mass is 19.1. The van der Waals surface area contributed by atoms with E-state index in [0.29, 0.717) is 11.3 Å². The molecule has 0 atom stereocenters. The number of halogens is 1. The molecule has 80 valence electrons. The van der Waals surface area contributed by atoms with Crippen molar-refractivity contribution >= 4 is 17.5 Å². The quantitative estimate of drug-likeness (QED) is 0.710. The average Bonchev–Trinajstić information content (AvgIpc) is 2.14. The first-order chi connectivity index (χ1) is 7.00. The van der Waals surface area contributed by atoms with E-state index in [4.69, 9.17) is 0 Å². The maximum absolute atomic E-state index is 13.5. The number of nitrogens with zero attached hydrogens (tertiary/aromatic N) is 1. The average molecular weight is 207 g/mol. The van der Waals surface area contributed by atoms with Crippen LogP contribution in [0, 0.1) is 5.82 Å². The van der Waals surface area contributed by atoms with Crippen molar-refractivity contribution in [1.29, 1.82) is 0 Å². The number of anilines is 1. The third kappa shape index (κ3) is 3.20. The molecule has 0 aliphatic rings. The van der Waals surface area contributed by atoms with Crippen molar-refractivity contribution in [2.75, 3.05) is 19.0 Å². The van der Waals surface area contributed by atoms with Crippen LogP contribution in [-0.2, 0) is 4.79 Å². The van der Waals surface area contributed by atoms with Gasteiger partial charge in [0.25, 0.3) is 0 Å². The van der Waals surface area contributed by atoms with Gasteiger partial charge in [-0.25, -0.2) is 4.39 Å². The van der Waals surface area contributed by atoms with E-state index in [2.05, 4.69) is 0 Å². The lowest BCUT2D eigenvalue weighted by Gasteiger charge is -2.13. The molecule has 0 aliphatic carbocycles. The summed E-state index contributed by atoms with van der Waals surface area (Å²) in [6.45, 7) is 1.46. The minimum atomic E-state index is -0.286. The summed E-state index contributed by atoms with van der Waals surface area (Å²) in [6.07, 6.45) is 3.02. The summed E-state index contributed by atoms with van der Waals surface area (Å²) in [4.78, 5) is 12.4. The molecule has 0 spiro atoms. The fraction of sp³-hybridized carbons (Fsp3) is 0.250. The van der Waals surface area contributed by atoms with Gasteiger partial charge in [-0.1, -0.05) is 12.1 Å². The second kappa shape index (κ2) is 4.73. The van der Waals surface area contributed by atoms with Crippen molar-refractivity contribution in [3.8, 4) is 0 Å². The highest BCUT2D eigenvalue weighted by molar-refractivity contribution is 5.91. The topological polar surface area (TPSA) is 20.3 Å². The molecule has 0 unspecified atom stereocenters. The zero-order chi connectivity index (χ0) is 11.4. The van der Waals surface area contributed by atoms with Crippen LogP contribution in [0.5, 0.6) is 0 Å². The van der Waals surface area contributed by atoms with Crippen LogP contribution in [0.15, 0.2) is 24.3 Å². The minimum Gasteiger partial charge on any atom is -0.375 e. The number of rotatable bonds is 3. The molecule has 15 heavy (non-hydrogen) atoms. The Morgan fingerprint density at radius 3 is 2.53 bits per heavy atom. The SMILES string of the molecule is CC(=O)/C=C/c1ccc(N(C)C)c(F)c1. The van der Waals surface area contributed by atoms with Gasteiger partial charge in [0.05, 0.1) is 5.69 Å². The molecule has 0 N–H and O–H groups in total. The smallest absolute Gasteiger partial charge is 0.152 e. The van der Waals surface area contributed by atoms with Gasteiger partial charge in [-0.15, -0.1) is 0 Å². The molecule has 3 heteroatoms. The fourth-order valence-corrected chi connectivity index (χ4v) is 1.20. The first-order valence-corrected chi connectivity index (χ1v) is 4.66. The summed E-state index contributed by atoms with van der Waals surface area (Å²) in [5.74, 6) is -0.335. The first kappa shape index (κ1) is 11.4. The predicted molar refractivity (Wildman–Crippen MR) is 60.4 cm³/mol.